The summed E-state index contributed by atoms with van der Waals surface area (Å²) < 4.78 is 0. The van der Waals surface area contributed by atoms with Crippen LogP contribution < -0.4 is 19.6 Å². The molecular weight excluding hydrogens is 689 g/mol. The molecule has 0 amide bonds. The number of fused-ring (bicyclic) bond motifs is 18. The van der Waals surface area contributed by atoms with Gasteiger partial charge in [-0.05, 0) is 95.3 Å². The van der Waals surface area contributed by atoms with E-state index in [9.17, 15) is 0 Å². The Bertz CT molecular complexity index is 2800. The van der Waals surface area contributed by atoms with Gasteiger partial charge in [0.25, 0.3) is 0 Å². The maximum atomic E-state index is 5.46. The van der Waals surface area contributed by atoms with Crippen molar-refractivity contribution in [1.29, 1.82) is 0 Å². The molecule has 5 aliphatic rings. The fourth-order valence-corrected chi connectivity index (χ4v) is 10.9. The van der Waals surface area contributed by atoms with Crippen LogP contribution >= 0.6 is 0 Å². The van der Waals surface area contributed by atoms with Crippen molar-refractivity contribution in [1.82, 2.24) is 19.9 Å². The minimum absolute atomic E-state index is 0.193. The summed E-state index contributed by atoms with van der Waals surface area (Å²) in [6, 6.07) is 44.2. The van der Waals surface area contributed by atoms with Crippen molar-refractivity contribution in [2.45, 2.75) is 58.3 Å². The third-order valence-corrected chi connectivity index (χ3v) is 13.6. The number of benzene rings is 5. The Morgan fingerprint density at radius 1 is 0.554 bits per heavy atom. The first-order valence-corrected chi connectivity index (χ1v) is 19.8. The van der Waals surface area contributed by atoms with Crippen molar-refractivity contribution < 1.29 is 0 Å². The van der Waals surface area contributed by atoms with Gasteiger partial charge in [0.1, 0.15) is 12.3 Å². The molecule has 4 unspecified atom stereocenters. The molecule has 12 rings (SSSR count). The summed E-state index contributed by atoms with van der Waals surface area (Å²) in [5.41, 5.74) is 13.4. The monoisotopic (exact) mass is 728 g/mol. The van der Waals surface area contributed by atoms with E-state index in [0.29, 0.717) is 0 Å². The van der Waals surface area contributed by atoms with Gasteiger partial charge >= 0.3 is 0 Å². The van der Waals surface area contributed by atoms with Crippen molar-refractivity contribution in [2.75, 3.05) is 19.6 Å². The van der Waals surface area contributed by atoms with Gasteiger partial charge in [-0.2, -0.15) is 0 Å². The van der Waals surface area contributed by atoms with Crippen LogP contribution in [0.5, 0.6) is 0 Å². The predicted octanol–water partition coefficient (Wildman–Crippen LogP) is 10.5. The molecule has 0 N–H and O–H groups in total. The van der Waals surface area contributed by atoms with Crippen LogP contribution in [0, 0.1) is 5.41 Å². The number of aromatic nitrogens is 4. The lowest BCUT2D eigenvalue weighted by Gasteiger charge is -2.69. The molecule has 0 radical (unpaired) electrons. The van der Waals surface area contributed by atoms with Crippen LogP contribution in [0.25, 0.3) is 16.6 Å². The Hall–Kier alpha value is -6.54. The van der Waals surface area contributed by atoms with E-state index in [4.69, 9.17) is 19.9 Å². The topological polar surface area (TPSA) is 64.5 Å². The molecule has 0 fully saturated rings. The summed E-state index contributed by atoms with van der Waals surface area (Å²) in [4.78, 5) is 31.0. The molecule has 8 nitrogen and oxygen atoms in total. The Labute approximate surface area is 326 Å². The van der Waals surface area contributed by atoms with E-state index >= 15 is 0 Å². The minimum Gasteiger partial charge on any atom is -0.301 e. The lowest BCUT2D eigenvalue weighted by molar-refractivity contribution is 0.153. The number of nitrogens with zero attached hydrogens (tertiary/aromatic N) is 8. The molecule has 0 bridgehead atoms. The van der Waals surface area contributed by atoms with Crippen molar-refractivity contribution in [3.05, 3.63) is 162 Å². The molecule has 0 saturated carbocycles. The number of aryl methyl sites for hydroxylation is 2. The first kappa shape index (κ1) is 31.8. The number of rotatable bonds is 4. The van der Waals surface area contributed by atoms with Crippen LogP contribution in [0.2, 0.25) is 0 Å². The lowest BCUT2D eigenvalue weighted by atomic mass is 9.40. The third-order valence-electron chi connectivity index (χ3n) is 13.6. The molecule has 8 heteroatoms. The summed E-state index contributed by atoms with van der Waals surface area (Å²) in [5, 5.41) is 0. The first-order chi connectivity index (χ1) is 27.5. The lowest BCUT2D eigenvalue weighted by Crippen LogP contribution is -2.72. The second kappa shape index (κ2) is 11.0. The first-order valence-electron chi connectivity index (χ1n) is 19.8. The molecule has 4 atom stereocenters. The van der Waals surface area contributed by atoms with Gasteiger partial charge in [-0.3, -0.25) is 9.80 Å². The Balaban J connectivity index is 1.20. The van der Waals surface area contributed by atoms with Gasteiger partial charge in [-0.25, -0.2) is 19.9 Å². The molecule has 4 aliphatic heterocycles. The Morgan fingerprint density at radius 2 is 1.16 bits per heavy atom. The van der Waals surface area contributed by atoms with Gasteiger partial charge in [-0.15, -0.1) is 0 Å². The fourth-order valence-electron chi connectivity index (χ4n) is 10.9. The highest BCUT2D eigenvalue weighted by Crippen LogP contribution is 2.77. The molecule has 0 spiro atoms. The largest absolute Gasteiger partial charge is 0.301 e. The van der Waals surface area contributed by atoms with Crippen LogP contribution in [0.3, 0.4) is 0 Å². The SMILES string of the molecule is CCc1ccc(N2c3nccnc3N3c4ccc(CC)cc4C4=C(C23)C2(C)C3N(c5ccccc5)c5nc6ccccc6nc5N3c3ccccc3C42C)cc1. The third kappa shape index (κ3) is 3.70. The molecule has 7 aromatic rings. The van der Waals surface area contributed by atoms with Gasteiger partial charge < -0.3 is 9.80 Å². The smallest absolute Gasteiger partial charge is 0.179 e. The molecule has 6 heterocycles. The average molecular weight is 729 g/mol. The van der Waals surface area contributed by atoms with Crippen LogP contribution in [0.4, 0.5) is 46.0 Å². The molecule has 56 heavy (non-hydrogen) atoms. The van der Waals surface area contributed by atoms with Gasteiger partial charge in [0, 0.05) is 45.8 Å². The van der Waals surface area contributed by atoms with E-state index in [0.717, 1.165) is 58.5 Å². The van der Waals surface area contributed by atoms with Gasteiger partial charge in [0.05, 0.1) is 16.7 Å². The summed E-state index contributed by atoms with van der Waals surface area (Å²) in [7, 11) is 0. The fraction of sp³-hybridized carbons (Fsp3) is 0.208. The molecule has 0 saturated heterocycles. The van der Waals surface area contributed by atoms with E-state index < -0.39 is 10.8 Å². The highest BCUT2D eigenvalue weighted by molar-refractivity contribution is 6.05. The Morgan fingerprint density at radius 3 is 1.88 bits per heavy atom. The van der Waals surface area contributed by atoms with E-state index in [-0.39, 0.29) is 12.3 Å². The Kier molecular flexibility index (Phi) is 6.26. The molecule has 272 valence electrons. The van der Waals surface area contributed by atoms with Gasteiger partial charge in [0.2, 0.25) is 0 Å². The van der Waals surface area contributed by atoms with E-state index in [1.54, 1.807) is 0 Å². The number of allylic oxidation sites excluding steroid dienone is 1. The molecule has 1 aliphatic carbocycles. The van der Waals surface area contributed by atoms with Crippen molar-refractivity contribution in [3.8, 4) is 0 Å². The predicted molar refractivity (Wildman–Crippen MR) is 225 cm³/mol. The second-order valence-electron chi connectivity index (χ2n) is 16.0. The number of hydrogen-bond acceptors (Lipinski definition) is 8. The van der Waals surface area contributed by atoms with Crippen molar-refractivity contribution in [3.63, 3.8) is 0 Å². The average Bonchev–Trinajstić information content (AvgIpc) is 3.77. The molecule has 2 aromatic heterocycles. The zero-order chi connectivity index (χ0) is 37.5. The van der Waals surface area contributed by atoms with E-state index in [1.807, 2.05) is 12.4 Å². The van der Waals surface area contributed by atoms with Crippen molar-refractivity contribution in [2.24, 2.45) is 5.41 Å². The molecular formula is C48H40N8. The zero-order valence-electron chi connectivity index (χ0n) is 31.8. The maximum absolute atomic E-state index is 5.46. The van der Waals surface area contributed by atoms with Gasteiger partial charge in [-0.1, -0.05) is 94.4 Å². The van der Waals surface area contributed by atoms with Crippen LogP contribution in [0.15, 0.2) is 139 Å². The quantitative estimate of drug-likeness (QED) is 0.178. The number of anilines is 8. The summed E-state index contributed by atoms with van der Waals surface area (Å²) in [5.74, 6) is 3.51. The highest BCUT2D eigenvalue weighted by Gasteiger charge is 2.75. The summed E-state index contributed by atoms with van der Waals surface area (Å²) >= 11 is 0. The summed E-state index contributed by atoms with van der Waals surface area (Å²) in [6.07, 6.45) is 5.20. The normalized spacial score (nSPS) is 23.4. The van der Waals surface area contributed by atoms with Gasteiger partial charge in [0.15, 0.2) is 23.3 Å². The number of hydrogen-bond donors (Lipinski definition) is 0. The standard InChI is InChI=1S/C48H40N8/c1-5-29-20-23-32(24-21-29)53-41-42(50-27-26-49-41)55-37-25-22-30(6-2)28-33(37)39-40(45(53)55)48(4)46-54(31-14-8-7-9-15-31)43-44(52-36-18-12-11-17-35(36)51-43)56(46)38-19-13-10-16-34(38)47(39,48)3/h7-28,45-46H,5-6H2,1-4H3. The van der Waals surface area contributed by atoms with Crippen LogP contribution in [0.1, 0.15) is 49.9 Å². The maximum Gasteiger partial charge on any atom is 0.179 e. The second-order valence-corrected chi connectivity index (χ2v) is 16.0. The van der Waals surface area contributed by atoms with Crippen LogP contribution in [-0.4, -0.2) is 32.3 Å². The minimum atomic E-state index is -0.479. The summed E-state index contributed by atoms with van der Waals surface area (Å²) in [6.45, 7) is 9.47. The zero-order valence-corrected chi connectivity index (χ0v) is 31.8. The van der Waals surface area contributed by atoms with Crippen LogP contribution in [-0.2, 0) is 18.3 Å². The van der Waals surface area contributed by atoms with Crippen molar-refractivity contribution >= 4 is 62.6 Å². The van der Waals surface area contributed by atoms with E-state index in [1.165, 1.54) is 44.8 Å². The number of para-hydroxylation sites is 4. The molecule has 5 aromatic carbocycles. The van der Waals surface area contributed by atoms with E-state index in [2.05, 4.69) is 169 Å². The highest BCUT2D eigenvalue weighted by atomic mass is 15.5.